The van der Waals surface area contributed by atoms with Gasteiger partial charge in [0.05, 0.1) is 18.1 Å². The number of nitrogens with zero attached hydrogens (tertiary/aromatic N) is 1. The van der Waals surface area contributed by atoms with Gasteiger partial charge in [-0.3, -0.25) is 14.9 Å². The SMILES string of the molecule is COc1ccc(C(CC(=O)[O-])NC(=O)c2cccc([N+](=O)[O-])c2)cc1. The van der Waals surface area contributed by atoms with E-state index in [1.165, 1.54) is 25.3 Å². The number of carboxylic acid groups (broad SMARTS) is 1. The van der Waals surface area contributed by atoms with E-state index in [1.807, 2.05) is 0 Å². The first-order valence-corrected chi connectivity index (χ1v) is 7.30. The number of methoxy groups -OCH3 is 1. The van der Waals surface area contributed by atoms with Gasteiger partial charge in [0.25, 0.3) is 11.6 Å². The number of non-ortho nitro benzene ring substituents is 1. The molecule has 0 bridgehead atoms. The fourth-order valence-corrected chi connectivity index (χ4v) is 2.26. The molecule has 1 amide bonds. The van der Waals surface area contributed by atoms with Gasteiger partial charge in [-0.15, -0.1) is 0 Å². The van der Waals surface area contributed by atoms with Gasteiger partial charge in [-0.25, -0.2) is 0 Å². The maximum absolute atomic E-state index is 12.3. The molecule has 1 atom stereocenters. The molecule has 130 valence electrons. The van der Waals surface area contributed by atoms with E-state index in [4.69, 9.17) is 4.74 Å². The van der Waals surface area contributed by atoms with Crippen molar-refractivity contribution in [1.82, 2.24) is 5.32 Å². The summed E-state index contributed by atoms with van der Waals surface area (Å²) in [5.41, 5.74) is 0.378. The molecule has 0 saturated heterocycles. The number of nitro groups is 1. The molecule has 0 radical (unpaired) electrons. The predicted octanol–water partition coefficient (Wildman–Crippen LogP) is 1.21. The van der Waals surface area contributed by atoms with E-state index >= 15 is 0 Å². The molecule has 25 heavy (non-hydrogen) atoms. The molecular formula is C17H15N2O6-. The highest BCUT2D eigenvalue weighted by atomic mass is 16.6. The topological polar surface area (TPSA) is 122 Å². The van der Waals surface area contributed by atoms with Crippen molar-refractivity contribution in [3.8, 4) is 5.75 Å². The average Bonchev–Trinajstić information content (AvgIpc) is 2.61. The van der Waals surface area contributed by atoms with Gasteiger partial charge in [0.1, 0.15) is 5.75 Å². The van der Waals surface area contributed by atoms with E-state index in [2.05, 4.69) is 5.32 Å². The summed E-state index contributed by atoms with van der Waals surface area (Å²) in [6, 6.07) is 10.9. The molecule has 1 N–H and O–H groups in total. The summed E-state index contributed by atoms with van der Waals surface area (Å²) in [5, 5.41) is 24.4. The first-order chi connectivity index (χ1) is 11.9. The third kappa shape index (κ3) is 4.77. The highest BCUT2D eigenvalue weighted by molar-refractivity contribution is 5.95. The number of aliphatic carboxylic acids is 1. The van der Waals surface area contributed by atoms with E-state index < -0.39 is 29.3 Å². The van der Waals surface area contributed by atoms with Crippen molar-refractivity contribution in [3.05, 3.63) is 69.8 Å². The predicted molar refractivity (Wildman–Crippen MR) is 85.9 cm³/mol. The molecule has 0 heterocycles. The molecule has 2 rings (SSSR count). The Morgan fingerprint density at radius 3 is 2.44 bits per heavy atom. The third-order valence-corrected chi connectivity index (χ3v) is 3.51. The first kappa shape index (κ1) is 17.9. The van der Waals surface area contributed by atoms with E-state index in [1.54, 1.807) is 24.3 Å². The van der Waals surface area contributed by atoms with Gasteiger partial charge in [0, 0.05) is 30.1 Å². The van der Waals surface area contributed by atoms with Crippen LogP contribution in [0.5, 0.6) is 5.75 Å². The Bertz CT molecular complexity index is 788. The van der Waals surface area contributed by atoms with Crippen molar-refractivity contribution >= 4 is 17.6 Å². The lowest BCUT2D eigenvalue weighted by molar-refractivity contribution is -0.384. The molecule has 0 aromatic heterocycles. The molecule has 2 aromatic rings. The highest BCUT2D eigenvalue weighted by Crippen LogP contribution is 2.21. The van der Waals surface area contributed by atoms with Gasteiger partial charge in [0.2, 0.25) is 0 Å². The molecule has 0 aliphatic rings. The van der Waals surface area contributed by atoms with Gasteiger partial charge < -0.3 is 20.0 Å². The Morgan fingerprint density at radius 2 is 1.88 bits per heavy atom. The third-order valence-electron chi connectivity index (χ3n) is 3.51. The number of hydrogen-bond acceptors (Lipinski definition) is 6. The zero-order chi connectivity index (χ0) is 18.4. The van der Waals surface area contributed by atoms with Crippen molar-refractivity contribution in [2.24, 2.45) is 0 Å². The number of carbonyl (C=O) groups is 2. The minimum atomic E-state index is -1.33. The van der Waals surface area contributed by atoms with Gasteiger partial charge >= 0.3 is 0 Å². The number of carboxylic acids is 1. The Hall–Kier alpha value is -3.42. The Labute approximate surface area is 143 Å². The maximum atomic E-state index is 12.3. The lowest BCUT2D eigenvalue weighted by atomic mass is 10.0. The second-order valence-corrected chi connectivity index (χ2v) is 5.18. The normalized spacial score (nSPS) is 11.4. The van der Waals surface area contributed by atoms with E-state index in [0.29, 0.717) is 11.3 Å². The lowest BCUT2D eigenvalue weighted by Crippen LogP contribution is -2.34. The molecule has 8 heteroatoms. The van der Waals surface area contributed by atoms with Crippen LogP contribution in [0.15, 0.2) is 48.5 Å². The van der Waals surface area contributed by atoms with Gasteiger partial charge in [-0.2, -0.15) is 0 Å². The standard InChI is InChI=1S/C17H16N2O6/c1-25-14-7-5-11(6-8-14)15(10-16(20)21)18-17(22)12-3-2-4-13(9-12)19(23)24/h2-9,15H,10H2,1H3,(H,18,22)(H,20,21)/p-1. The average molecular weight is 343 g/mol. The molecule has 0 saturated carbocycles. The van der Waals surface area contributed by atoms with E-state index in [-0.39, 0.29) is 11.3 Å². The van der Waals surface area contributed by atoms with Crippen LogP contribution in [-0.4, -0.2) is 23.9 Å². The maximum Gasteiger partial charge on any atom is 0.270 e. The summed E-state index contributed by atoms with van der Waals surface area (Å²) >= 11 is 0. The fraction of sp³-hybridized carbons (Fsp3) is 0.176. The van der Waals surface area contributed by atoms with Crippen LogP contribution in [0.2, 0.25) is 0 Å². The fourth-order valence-electron chi connectivity index (χ4n) is 2.26. The molecule has 0 aliphatic heterocycles. The Morgan fingerprint density at radius 1 is 1.20 bits per heavy atom. The zero-order valence-electron chi connectivity index (χ0n) is 13.3. The highest BCUT2D eigenvalue weighted by Gasteiger charge is 2.18. The largest absolute Gasteiger partial charge is 0.550 e. The summed E-state index contributed by atoms with van der Waals surface area (Å²) in [4.78, 5) is 33.5. The molecule has 2 aromatic carbocycles. The van der Waals surface area contributed by atoms with Crippen LogP contribution < -0.4 is 15.2 Å². The molecule has 0 aliphatic carbocycles. The van der Waals surface area contributed by atoms with Crippen molar-refractivity contribution < 1.29 is 24.4 Å². The van der Waals surface area contributed by atoms with Crippen LogP contribution in [-0.2, 0) is 4.79 Å². The van der Waals surface area contributed by atoms with Crippen LogP contribution in [0.3, 0.4) is 0 Å². The second-order valence-electron chi connectivity index (χ2n) is 5.18. The Kier molecular flexibility index (Phi) is 5.67. The summed E-state index contributed by atoms with van der Waals surface area (Å²) < 4.78 is 5.04. The van der Waals surface area contributed by atoms with Crippen molar-refractivity contribution in [3.63, 3.8) is 0 Å². The Balaban J connectivity index is 2.23. The van der Waals surface area contributed by atoms with E-state index in [9.17, 15) is 24.8 Å². The number of carbonyl (C=O) groups excluding carboxylic acids is 2. The van der Waals surface area contributed by atoms with Gasteiger partial charge in [0.15, 0.2) is 0 Å². The van der Waals surface area contributed by atoms with Crippen molar-refractivity contribution in [1.29, 1.82) is 0 Å². The molecule has 1 unspecified atom stereocenters. The number of rotatable bonds is 7. The van der Waals surface area contributed by atoms with Gasteiger partial charge in [-0.05, 0) is 23.8 Å². The monoisotopic (exact) mass is 343 g/mol. The number of hydrogen-bond donors (Lipinski definition) is 1. The van der Waals surface area contributed by atoms with Crippen LogP contribution >= 0.6 is 0 Å². The zero-order valence-corrected chi connectivity index (χ0v) is 13.3. The molecule has 0 spiro atoms. The van der Waals surface area contributed by atoms with Crippen molar-refractivity contribution in [2.75, 3.05) is 7.11 Å². The molecular weight excluding hydrogens is 328 g/mol. The number of nitrogens with one attached hydrogen (secondary N) is 1. The van der Waals surface area contributed by atoms with Crippen LogP contribution in [0, 0.1) is 10.1 Å². The smallest absolute Gasteiger partial charge is 0.270 e. The van der Waals surface area contributed by atoms with Gasteiger partial charge in [-0.1, -0.05) is 18.2 Å². The minimum Gasteiger partial charge on any atom is -0.550 e. The summed E-state index contributed by atoms with van der Waals surface area (Å²) in [7, 11) is 1.50. The minimum absolute atomic E-state index is 0.0612. The molecule has 0 fully saturated rings. The summed E-state index contributed by atoms with van der Waals surface area (Å²) in [6.45, 7) is 0. The quantitative estimate of drug-likeness (QED) is 0.596. The summed E-state index contributed by atoms with van der Waals surface area (Å²) in [5.74, 6) is -1.37. The van der Waals surface area contributed by atoms with E-state index in [0.717, 1.165) is 6.07 Å². The number of benzene rings is 2. The van der Waals surface area contributed by atoms with Crippen LogP contribution in [0.1, 0.15) is 28.4 Å². The number of ether oxygens (including phenoxy) is 1. The van der Waals surface area contributed by atoms with Crippen molar-refractivity contribution in [2.45, 2.75) is 12.5 Å². The number of amides is 1. The first-order valence-electron chi connectivity index (χ1n) is 7.30. The second kappa shape index (κ2) is 7.91. The molecule has 8 nitrogen and oxygen atoms in total. The lowest BCUT2D eigenvalue weighted by Gasteiger charge is -2.20. The van der Waals surface area contributed by atoms with Crippen LogP contribution in [0.4, 0.5) is 5.69 Å². The summed E-state index contributed by atoms with van der Waals surface area (Å²) in [6.07, 6.45) is -0.438. The van der Waals surface area contributed by atoms with Crippen LogP contribution in [0.25, 0.3) is 0 Å². The number of nitro benzene ring substituents is 1.